The number of nitrogens with zero attached hydrogens (tertiary/aromatic N) is 3. The Balaban J connectivity index is 1.73. The minimum atomic E-state index is -0.319. The quantitative estimate of drug-likeness (QED) is 0.590. The van der Waals surface area contributed by atoms with Gasteiger partial charge in [-0.2, -0.15) is 5.10 Å². The molecule has 1 aliphatic heterocycles. The minimum Gasteiger partial charge on any atom is -0.497 e. The van der Waals surface area contributed by atoms with Crippen molar-refractivity contribution in [2.24, 2.45) is 5.10 Å². The molecular formula is C22H20ClN3O3. The molecule has 0 saturated heterocycles. The zero-order valence-corrected chi connectivity index (χ0v) is 17.1. The first kappa shape index (κ1) is 19.2. The van der Waals surface area contributed by atoms with Crippen molar-refractivity contribution in [3.8, 4) is 11.5 Å². The van der Waals surface area contributed by atoms with Crippen LogP contribution in [-0.4, -0.2) is 35.8 Å². The highest BCUT2D eigenvalue weighted by molar-refractivity contribution is 6.30. The standard InChI is InChI=1S/C22H20ClN3O3/c1-13(27)26-21(12-20(25-26)14-4-6-16(28-2)7-5-14)18-11-15-10-17(29-3)8-9-19(15)24-22(18)23/h4-11,21H,12H2,1-3H3. The molecule has 0 saturated carbocycles. The topological polar surface area (TPSA) is 64.0 Å². The highest BCUT2D eigenvalue weighted by atomic mass is 35.5. The monoisotopic (exact) mass is 409 g/mol. The van der Waals surface area contributed by atoms with Gasteiger partial charge in [0.2, 0.25) is 5.91 Å². The molecule has 0 radical (unpaired) electrons. The third-order valence-electron chi connectivity index (χ3n) is 5.02. The lowest BCUT2D eigenvalue weighted by molar-refractivity contribution is -0.130. The van der Waals surface area contributed by atoms with Gasteiger partial charge in [-0.25, -0.2) is 9.99 Å². The van der Waals surface area contributed by atoms with E-state index >= 15 is 0 Å². The van der Waals surface area contributed by atoms with Crippen molar-refractivity contribution in [1.82, 2.24) is 9.99 Å². The molecule has 148 valence electrons. The first-order valence-electron chi connectivity index (χ1n) is 9.16. The number of aromatic nitrogens is 1. The van der Waals surface area contributed by atoms with Gasteiger partial charge in [-0.1, -0.05) is 11.6 Å². The van der Waals surface area contributed by atoms with E-state index in [9.17, 15) is 4.79 Å². The maximum atomic E-state index is 12.3. The predicted molar refractivity (Wildman–Crippen MR) is 113 cm³/mol. The third-order valence-corrected chi connectivity index (χ3v) is 5.32. The molecule has 4 rings (SSSR count). The van der Waals surface area contributed by atoms with Crippen LogP contribution in [0.4, 0.5) is 0 Å². The summed E-state index contributed by atoms with van der Waals surface area (Å²) in [5.41, 5.74) is 3.28. The van der Waals surface area contributed by atoms with Crippen molar-refractivity contribution in [3.05, 3.63) is 64.8 Å². The van der Waals surface area contributed by atoms with E-state index in [-0.39, 0.29) is 11.9 Å². The molecule has 1 atom stereocenters. The molecule has 0 spiro atoms. The van der Waals surface area contributed by atoms with Crippen LogP contribution in [0.3, 0.4) is 0 Å². The number of rotatable bonds is 4. The van der Waals surface area contributed by atoms with Gasteiger partial charge in [0.25, 0.3) is 0 Å². The summed E-state index contributed by atoms with van der Waals surface area (Å²) in [7, 11) is 3.24. The van der Waals surface area contributed by atoms with Gasteiger partial charge < -0.3 is 9.47 Å². The average Bonchev–Trinajstić information content (AvgIpc) is 3.18. The molecule has 29 heavy (non-hydrogen) atoms. The van der Waals surface area contributed by atoms with E-state index in [4.69, 9.17) is 21.1 Å². The fourth-order valence-corrected chi connectivity index (χ4v) is 3.78. The summed E-state index contributed by atoms with van der Waals surface area (Å²) < 4.78 is 10.5. The predicted octanol–water partition coefficient (Wildman–Crippen LogP) is 4.60. The number of fused-ring (bicyclic) bond motifs is 1. The van der Waals surface area contributed by atoms with Crippen molar-refractivity contribution in [2.75, 3.05) is 14.2 Å². The van der Waals surface area contributed by atoms with E-state index in [1.54, 1.807) is 14.2 Å². The molecule has 7 heteroatoms. The molecule has 1 amide bonds. The maximum Gasteiger partial charge on any atom is 0.240 e. The molecule has 2 aromatic carbocycles. The van der Waals surface area contributed by atoms with Gasteiger partial charge in [0.1, 0.15) is 16.7 Å². The number of ether oxygens (including phenoxy) is 2. The number of carbonyl (C=O) groups excluding carboxylic acids is 1. The Kier molecular flexibility index (Phi) is 5.11. The third kappa shape index (κ3) is 3.63. The van der Waals surface area contributed by atoms with Crippen LogP contribution in [0.1, 0.15) is 30.5 Å². The lowest BCUT2D eigenvalue weighted by Gasteiger charge is -2.21. The van der Waals surface area contributed by atoms with Gasteiger partial charge >= 0.3 is 0 Å². The van der Waals surface area contributed by atoms with Crippen molar-refractivity contribution < 1.29 is 14.3 Å². The Morgan fingerprint density at radius 3 is 2.41 bits per heavy atom. The molecular weight excluding hydrogens is 390 g/mol. The molecule has 1 unspecified atom stereocenters. The number of amides is 1. The second kappa shape index (κ2) is 7.72. The summed E-state index contributed by atoms with van der Waals surface area (Å²) >= 11 is 6.51. The van der Waals surface area contributed by atoms with Gasteiger partial charge in [-0.3, -0.25) is 4.79 Å². The summed E-state index contributed by atoms with van der Waals surface area (Å²) in [5, 5.41) is 7.31. The number of pyridine rings is 1. The van der Waals surface area contributed by atoms with E-state index in [1.165, 1.54) is 11.9 Å². The molecule has 0 N–H and O–H groups in total. The van der Waals surface area contributed by atoms with E-state index < -0.39 is 0 Å². The van der Waals surface area contributed by atoms with Crippen LogP contribution < -0.4 is 9.47 Å². The number of methoxy groups -OCH3 is 2. The molecule has 0 aliphatic carbocycles. The first-order valence-corrected chi connectivity index (χ1v) is 9.54. The smallest absolute Gasteiger partial charge is 0.240 e. The summed E-state index contributed by atoms with van der Waals surface area (Å²) in [6, 6.07) is 14.9. The molecule has 0 fully saturated rings. The molecule has 6 nitrogen and oxygen atoms in total. The summed E-state index contributed by atoms with van der Waals surface area (Å²) in [6.45, 7) is 1.50. The van der Waals surface area contributed by atoms with Crippen molar-refractivity contribution in [2.45, 2.75) is 19.4 Å². The Morgan fingerprint density at radius 2 is 1.76 bits per heavy atom. The molecule has 2 heterocycles. The SMILES string of the molecule is COc1ccc(C2=NN(C(C)=O)C(c3cc4cc(OC)ccc4nc3Cl)C2)cc1. The van der Waals surface area contributed by atoms with E-state index in [0.29, 0.717) is 11.6 Å². The van der Waals surface area contributed by atoms with Gasteiger partial charge in [-0.05, 0) is 54.1 Å². The fraction of sp³-hybridized carbons (Fsp3) is 0.227. The average molecular weight is 410 g/mol. The highest BCUT2D eigenvalue weighted by Gasteiger charge is 2.33. The zero-order chi connectivity index (χ0) is 20.5. The van der Waals surface area contributed by atoms with Crippen LogP contribution in [0.5, 0.6) is 11.5 Å². The normalized spacial score (nSPS) is 16.1. The molecule has 1 aromatic heterocycles. The second-order valence-corrected chi connectivity index (χ2v) is 7.14. The number of carbonyl (C=O) groups is 1. The van der Waals surface area contributed by atoms with Crippen LogP contribution >= 0.6 is 11.6 Å². The van der Waals surface area contributed by atoms with Crippen LogP contribution in [0.25, 0.3) is 10.9 Å². The van der Waals surface area contributed by atoms with E-state index in [1.807, 2.05) is 48.5 Å². The van der Waals surface area contributed by atoms with Crippen LogP contribution in [-0.2, 0) is 4.79 Å². The Hall–Kier alpha value is -3.12. The number of hydrogen-bond acceptors (Lipinski definition) is 5. The zero-order valence-electron chi connectivity index (χ0n) is 16.3. The van der Waals surface area contributed by atoms with Crippen molar-refractivity contribution in [3.63, 3.8) is 0 Å². The van der Waals surface area contributed by atoms with E-state index in [2.05, 4.69) is 10.1 Å². The summed E-state index contributed by atoms with van der Waals surface area (Å²) in [5.74, 6) is 1.35. The Bertz CT molecular complexity index is 1110. The highest BCUT2D eigenvalue weighted by Crippen LogP contribution is 2.37. The van der Waals surface area contributed by atoms with E-state index in [0.717, 1.165) is 39.2 Å². The van der Waals surface area contributed by atoms with Crippen LogP contribution in [0.2, 0.25) is 5.15 Å². The summed E-state index contributed by atoms with van der Waals surface area (Å²) in [4.78, 5) is 16.8. The lowest BCUT2D eigenvalue weighted by Crippen LogP contribution is -2.24. The Labute approximate surface area is 173 Å². The molecule has 1 aliphatic rings. The summed E-state index contributed by atoms with van der Waals surface area (Å²) in [6.07, 6.45) is 0.544. The molecule has 3 aromatic rings. The number of hydrazone groups is 1. The number of benzene rings is 2. The number of hydrogen-bond donors (Lipinski definition) is 0. The van der Waals surface area contributed by atoms with Crippen LogP contribution in [0, 0.1) is 0 Å². The largest absolute Gasteiger partial charge is 0.497 e. The van der Waals surface area contributed by atoms with Gasteiger partial charge in [0.15, 0.2) is 0 Å². The fourth-order valence-electron chi connectivity index (χ4n) is 3.51. The van der Waals surface area contributed by atoms with Crippen molar-refractivity contribution >= 4 is 34.1 Å². The molecule has 0 bridgehead atoms. The first-order chi connectivity index (χ1) is 14.0. The number of halogens is 1. The second-order valence-electron chi connectivity index (χ2n) is 6.79. The van der Waals surface area contributed by atoms with Gasteiger partial charge in [0, 0.05) is 24.3 Å². The minimum absolute atomic E-state index is 0.152. The van der Waals surface area contributed by atoms with Crippen molar-refractivity contribution in [1.29, 1.82) is 0 Å². The maximum absolute atomic E-state index is 12.3. The van der Waals surface area contributed by atoms with Gasteiger partial charge in [0.05, 0.1) is 31.5 Å². The van der Waals surface area contributed by atoms with Crippen LogP contribution in [0.15, 0.2) is 53.6 Å². The van der Waals surface area contributed by atoms with Gasteiger partial charge in [-0.15, -0.1) is 0 Å². The Morgan fingerprint density at radius 1 is 1.07 bits per heavy atom. The lowest BCUT2D eigenvalue weighted by atomic mass is 9.98.